The summed E-state index contributed by atoms with van der Waals surface area (Å²) in [5.41, 5.74) is 10.9. The Bertz CT molecular complexity index is 679. The second-order valence-corrected chi connectivity index (χ2v) is 8.55. The molecule has 0 rings (SSSR count). The lowest BCUT2D eigenvalue weighted by Gasteiger charge is -2.18. The van der Waals surface area contributed by atoms with Crippen LogP contribution in [0.2, 0.25) is 0 Å². The van der Waals surface area contributed by atoms with Gasteiger partial charge >= 0.3 is 17.9 Å². The molecule has 0 aromatic heterocycles. The number of carboxylic acids is 3. The van der Waals surface area contributed by atoms with Gasteiger partial charge in [0.1, 0.15) is 25.2 Å². The summed E-state index contributed by atoms with van der Waals surface area (Å²) in [5, 5.41) is 32.5. The van der Waals surface area contributed by atoms with E-state index >= 15 is 0 Å². The van der Waals surface area contributed by atoms with Crippen molar-refractivity contribution in [3.05, 3.63) is 0 Å². The normalized spacial score (nSPS) is 13.4. The minimum absolute atomic E-state index is 0.0176. The quantitative estimate of drug-likeness (QED) is 0.0795. The van der Waals surface area contributed by atoms with Crippen molar-refractivity contribution in [2.45, 2.75) is 31.0 Å². The van der Waals surface area contributed by atoms with E-state index < -0.39 is 66.8 Å². The third-order valence-corrected chi connectivity index (χ3v) is 5.83. The maximum atomic E-state index is 12.1. The van der Waals surface area contributed by atoms with Crippen LogP contribution < -0.4 is 27.4 Å². The Hall–Kier alpha value is -2.56. The lowest BCUT2D eigenvalue weighted by Crippen LogP contribution is -2.49. The smallest absolute Gasteiger partial charge is 0.322 e. The first-order valence-electron chi connectivity index (χ1n) is 8.70. The summed E-state index contributed by atoms with van der Waals surface area (Å²) in [4.78, 5) is 67.5. The number of nitrogens with two attached hydrogens (primary N) is 2. The average Bonchev–Trinajstić information content (AvgIpc) is 2.69. The van der Waals surface area contributed by atoms with Gasteiger partial charge < -0.3 is 42.7 Å². The van der Waals surface area contributed by atoms with Crippen LogP contribution in [0.5, 0.6) is 0 Å². The van der Waals surface area contributed by atoms with Crippen LogP contribution in [-0.4, -0.2) is 93.7 Å². The van der Waals surface area contributed by atoms with E-state index in [1.807, 2.05) is 0 Å². The number of amides is 3. The fourth-order valence-electron chi connectivity index (χ4n) is 1.75. The Morgan fingerprint density at radius 1 is 0.774 bits per heavy atom. The highest BCUT2D eigenvalue weighted by Gasteiger charge is 2.23. The van der Waals surface area contributed by atoms with Crippen LogP contribution >= 0.6 is 21.6 Å². The van der Waals surface area contributed by atoms with E-state index in [4.69, 9.17) is 26.8 Å². The largest absolute Gasteiger partial charge is 0.480 e. The SMILES string of the molecule is N[C@@H](CCC(=O)N[C@@H](CSSC[C@H](N)C(=O)NCC(=O)O)C(=O)NCC(=O)O)C(=O)O. The van der Waals surface area contributed by atoms with E-state index in [0.29, 0.717) is 0 Å². The molecule has 0 spiro atoms. The molecule has 0 heterocycles. The molecule has 0 saturated heterocycles. The third kappa shape index (κ3) is 14.1. The molecule has 0 bridgehead atoms. The lowest BCUT2D eigenvalue weighted by molar-refractivity contribution is -0.139. The number of carbonyl (C=O) groups excluding carboxylic acids is 3. The van der Waals surface area contributed by atoms with Crippen LogP contribution in [0.1, 0.15) is 12.8 Å². The molecular formula is C15H25N5O9S2. The van der Waals surface area contributed by atoms with Crippen LogP contribution in [0, 0.1) is 0 Å². The van der Waals surface area contributed by atoms with Crippen molar-refractivity contribution in [1.82, 2.24) is 16.0 Å². The van der Waals surface area contributed by atoms with Crippen molar-refractivity contribution in [2.24, 2.45) is 11.5 Å². The fraction of sp³-hybridized carbons (Fsp3) is 0.600. The maximum Gasteiger partial charge on any atom is 0.322 e. The molecule has 0 aliphatic carbocycles. The van der Waals surface area contributed by atoms with Crippen LogP contribution in [0.25, 0.3) is 0 Å². The minimum Gasteiger partial charge on any atom is -0.480 e. The van der Waals surface area contributed by atoms with E-state index in [2.05, 4.69) is 16.0 Å². The van der Waals surface area contributed by atoms with Crippen LogP contribution in [0.3, 0.4) is 0 Å². The molecule has 0 aliphatic rings. The summed E-state index contributed by atoms with van der Waals surface area (Å²) >= 11 is 0. The molecule has 0 radical (unpaired) electrons. The number of hydrogen-bond donors (Lipinski definition) is 8. The molecule has 0 aliphatic heterocycles. The molecule has 10 N–H and O–H groups in total. The van der Waals surface area contributed by atoms with Crippen molar-refractivity contribution in [3.8, 4) is 0 Å². The highest BCUT2D eigenvalue weighted by atomic mass is 33.1. The van der Waals surface area contributed by atoms with Gasteiger partial charge in [0.2, 0.25) is 17.7 Å². The van der Waals surface area contributed by atoms with Crippen LogP contribution in [0.15, 0.2) is 0 Å². The van der Waals surface area contributed by atoms with Gasteiger partial charge in [-0.2, -0.15) is 0 Å². The Balaban J connectivity index is 4.63. The number of nitrogens with one attached hydrogen (secondary N) is 3. The number of carboxylic acid groups (broad SMARTS) is 3. The lowest BCUT2D eigenvalue weighted by atomic mass is 10.1. The Morgan fingerprint density at radius 2 is 1.29 bits per heavy atom. The molecule has 0 fully saturated rings. The fourth-order valence-corrected chi connectivity index (χ4v) is 4.04. The minimum atomic E-state index is -1.29. The summed E-state index contributed by atoms with van der Waals surface area (Å²) in [5.74, 6) is -5.83. The molecule has 0 unspecified atom stereocenters. The summed E-state index contributed by atoms with van der Waals surface area (Å²) in [7, 11) is 2.15. The molecule has 0 aromatic carbocycles. The van der Waals surface area contributed by atoms with Gasteiger partial charge in [-0.15, -0.1) is 0 Å². The van der Waals surface area contributed by atoms with E-state index in [0.717, 1.165) is 21.6 Å². The molecule has 16 heteroatoms. The number of rotatable bonds is 16. The molecule has 3 amide bonds. The zero-order chi connectivity index (χ0) is 24.0. The van der Waals surface area contributed by atoms with Crippen molar-refractivity contribution >= 4 is 57.2 Å². The number of aliphatic carboxylic acids is 3. The standard InChI is InChI=1S/C15H25N5O9S2/c16-7(15(28)29)1-2-10(21)20-9(14(27)19-4-12(24)25)6-31-30-5-8(17)13(26)18-3-11(22)23/h7-9H,1-6,16-17H2,(H,18,26)(H,19,27)(H,20,21)(H,22,23)(H,24,25)(H,28,29)/t7-,8-,9-/m0/s1. The summed E-state index contributed by atoms with van der Waals surface area (Å²) < 4.78 is 0. The summed E-state index contributed by atoms with van der Waals surface area (Å²) in [6.07, 6.45) is -0.421. The molecule has 0 saturated carbocycles. The molecule has 31 heavy (non-hydrogen) atoms. The van der Waals surface area contributed by atoms with Gasteiger partial charge in [0.05, 0.1) is 6.04 Å². The van der Waals surface area contributed by atoms with Gasteiger partial charge in [-0.3, -0.25) is 28.8 Å². The molecular weight excluding hydrogens is 458 g/mol. The predicted molar refractivity (Wildman–Crippen MR) is 111 cm³/mol. The number of hydrogen-bond acceptors (Lipinski definition) is 10. The van der Waals surface area contributed by atoms with Crippen molar-refractivity contribution in [3.63, 3.8) is 0 Å². The van der Waals surface area contributed by atoms with E-state index in [-0.39, 0.29) is 24.3 Å². The second kappa shape index (κ2) is 15.3. The molecule has 3 atom stereocenters. The van der Waals surface area contributed by atoms with Crippen molar-refractivity contribution in [2.75, 3.05) is 24.6 Å². The monoisotopic (exact) mass is 483 g/mol. The van der Waals surface area contributed by atoms with E-state index in [1.165, 1.54) is 0 Å². The van der Waals surface area contributed by atoms with Crippen LogP contribution in [0.4, 0.5) is 0 Å². The Morgan fingerprint density at radius 3 is 1.81 bits per heavy atom. The van der Waals surface area contributed by atoms with Crippen molar-refractivity contribution in [1.29, 1.82) is 0 Å². The van der Waals surface area contributed by atoms with E-state index in [1.54, 1.807) is 0 Å². The maximum absolute atomic E-state index is 12.1. The molecule has 176 valence electrons. The van der Waals surface area contributed by atoms with Gasteiger partial charge in [0, 0.05) is 17.9 Å². The summed E-state index contributed by atoms with van der Waals surface area (Å²) in [6.45, 7) is -1.24. The first-order valence-corrected chi connectivity index (χ1v) is 11.2. The summed E-state index contributed by atoms with van der Waals surface area (Å²) in [6, 6.07) is -3.39. The van der Waals surface area contributed by atoms with Gasteiger partial charge in [0.15, 0.2) is 0 Å². The molecule has 14 nitrogen and oxygen atoms in total. The predicted octanol–water partition coefficient (Wildman–Crippen LogP) is -3.23. The first-order chi connectivity index (χ1) is 14.4. The Kier molecular flexibility index (Phi) is 14.0. The first kappa shape index (κ1) is 28.4. The highest BCUT2D eigenvalue weighted by molar-refractivity contribution is 8.76. The number of carbonyl (C=O) groups is 6. The zero-order valence-electron chi connectivity index (χ0n) is 16.2. The van der Waals surface area contributed by atoms with E-state index in [9.17, 15) is 28.8 Å². The topological polar surface area (TPSA) is 251 Å². The van der Waals surface area contributed by atoms with Gasteiger partial charge in [-0.25, -0.2) is 0 Å². The van der Waals surface area contributed by atoms with Gasteiger partial charge in [0.25, 0.3) is 0 Å². The molecule has 0 aromatic rings. The van der Waals surface area contributed by atoms with Crippen molar-refractivity contribution < 1.29 is 44.1 Å². The van der Waals surface area contributed by atoms with Crippen LogP contribution in [-0.2, 0) is 28.8 Å². The average molecular weight is 484 g/mol. The Labute approximate surface area is 184 Å². The highest BCUT2D eigenvalue weighted by Crippen LogP contribution is 2.22. The van der Waals surface area contributed by atoms with Gasteiger partial charge in [-0.1, -0.05) is 21.6 Å². The third-order valence-electron chi connectivity index (χ3n) is 3.38. The van der Waals surface area contributed by atoms with Gasteiger partial charge in [-0.05, 0) is 6.42 Å². The second-order valence-electron chi connectivity index (χ2n) is 6.00. The zero-order valence-corrected chi connectivity index (χ0v) is 17.9.